The van der Waals surface area contributed by atoms with Gasteiger partial charge in [-0.25, -0.2) is 0 Å². The van der Waals surface area contributed by atoms with Crippen molar-refractivity contribution >= 4 is 17.2 Å². The molecule has 1 atom stereocenters. The number of rotatable bonds is 1. The van der Waals surface area contributed by atoms with Gasteiger partial charge in [0, 0.05) is 10.6 Å². The van der Waals surface area contributed by atoms with Gasteiger partial charge in [0.15, 0.2) is 0 Å². The van der Waals surface area contributed by atoms with E-state index in [9.17, 15) is 13.2 Å². The summed E-state index contributed by atoms with van der Waals surface area (Å²) in [7, 11) is 0. The summed E-state index contributed by atoms with van der Waals surface area (Å²) >= 11 is 5.79. The van der Waals surface area contributed by atoms with Crippen LogP contribution in [0.15, 0.2) is 36.9 Å². The van der Waals surface area contributed by atoms with Crippen LogP contribution >= 0.6 is 11.6 Å². The Morgan fingerprint density at radius 3 is 2.65 bits per heavy atom. The monoisotopic (exact) mass is 260 g/mol. The first-order chi connectivity index (χ1) is 7.91. The Bertz CT molecular complexity index is 491. The molecule has 0 bridgehead atoms. The standard InChI is InChI=1S/C12H8ClF3O/c1-2-7-5-11(12(14,15)16)17-10-4-3-8(13)6-9(7)10/h2-6,11H,1H2. The van der Waals surface area contributed by atoms with Crippen LogP contribution in [0.25, 0.3) is 5.57 Å². The van der Waals surface area contributed by atoms with Gasteiger partial charge in [0.1, 0.15) is 5.75 Å². The zero-order valence-corrected chi connectivity index (χ0v) is 9.35. The number of halogens is 4. The fourth-order valence-electron chi connectivity index (χ4n) is 1.59. The highest BCUT2D eigenvalue weighted by atomic mass is 35.5. The number of benzene rings is 1. The summed E-state index contributed by atoms with van der Waals surface area (Å²) in [6, 6.07) is 4.46. The predicted molar refractivity (Wildman–Crippen MR) is 60.1 cm³/mol. The highest BCUT2D eigenvalue weighted by Crippen LogP contribution is 2.38. The van der Waals surface area contributed by atoms with Crippen molar-refractivity contribution in [2.45, 2.75) is 12.3 Å². The summed E-state index contributed by atoms with van der Waals surface area (Å²) in [6.07, 6.45) is -4.03. The summed E-state index contributed by atoms with van der Waals surface area (Å²) < 4.78 is 42.7. The van der Waals surface area contributed by atoms with Crippen LogP contribution in [-0.4, -0.2) is 12.3 Å². The molecule has 0 N–H and O–H groups in total. The molecule has 2 rings (SSSR count). The van der Waals surface area contributed by atoms with Gasteiger partial charge in [-0.15, -0.1) is 0 Å². The van der Waals surface area contributed by atoms with E-state index in [2.05, 4.69) is 6.58 Å². The molecule has 1 aromatic rings. The van der Waals surface area contributed by atoms with Gasteiger partial charge in [-0.3, -0.25) is 0 Å². The lowest BCUT2D eigenvalue weighted by molar-refractivity contribution is -0.180. The molecule has 0 saturated carbocycles. The van der Waals surface area contributed by atoms with Gasteiger partial charge < -0.3 is 4.74 Å². The first kappa shape index (κ1) is 12.0. The Morgan fingerprint density at radius 2 is 2.06 bits per heavy atom. The molecule has 0 amide bonds. The Kier molecular flexibility index (Phi) is 2.91. The van der Waals surface area contributed by atoms with Crippen molar-refractivity contribution in [2.75, 3.05) is 0 Å². The van der Waals surface area contributed by atoms with Crippen LogP contribution < -0.4 is 4.74 Å². The van der Waals surface area contributed by atoms with E-state index >= 15 is 0 Å². The van der Waals surface area contributed by atoms with Crippen LogP contribution in [0.5, 0.6) is 5.75 Å². The zero-order valence-electron chi connectivity index (χ0n) is 8.59. The molecule has 1 aromatic carbocycles. The van der Waals surface area contributed by atoms with Crippen molar-refractivity contribution in [1.82, 2.24) is 0 Å². The summed E-state index contributed by atoms with van der Waals surface area (Å²) in [4.78, 5) is 0. The van der Waals surface area contributed by atoms with E-state index < -0.39 is 12.3 Å². The van der Waals surface area contributed by atoms with Crippen molar-refractivity contribution in [2.24, 2.45) is 0 Å². The van der Waals surface area contributed by atoms with Crippen LogP contribution in [0.1, 0.15) is 5.56 Å². The van der Waals surface area contributed by atoms with E-state index in [1.807, 2.05) is 0 Å². The largest absolute Gasteiger partial charge is 0.476 e. The second-order valence-electron chi connectivity index (χ2n) is 3.55. The summed E-state index contributed by atoms with van der Waals surface area (Å²) in [5.74, 6) is 0.161. The number of hydrogen-bond acceptors (Lipinski definition) is 1. The lowest BCUT2D eigenvalue weighted by Crippen LogP contribution is -2.34. The second-order valence-corrected chi connectivity index (χ2v) is 3.98. The molecule has 1 nitrogen and oxygen atoms in total. The predicted octanol–water partition coefficient (Wildman–Crippen LogP) is 4.23. The summed E-state index contributed by atoms with van der Waals surface area (Å²) in [5.41, 5.74) is 0.893. The fourth-order valence-corrected chi connectivity index (χ4v) is 1.77. The van der Waals surface area contributed by atoms with E-state index in [1.54, 1.807) is 6.07 Å². The molecule has 1 heterocycles. The minimum absolute atomic E-state index is 0.161. The van der Waals surface area contributed by atoms with Crippen molar-refractivity contribution in [1.29, 1.82) is 0 Å². The van der Waals surface area contributed by atoms with Crippen LogP contribution in [0, 0.1) is 0 Å². The maximum absolute atomic E-state index is 12.6. The lowest BCUT2D eigenvalue weighted by atomic mass is 10.00. The van der Waals surface area contributed by atoms with Crippen LogP contribution in [0.3, 0.4) is 0 Å². The van der Waals surface area contributed by atoms with Crippen molar-refractivity contribution < 1.29 is 17.9 Å². The van der Waals surface area contributed by atoms with Gasteiger partial charge in [-0.2, -0.15) is 13.2 Å². The van der Waals surface area contributed by atoms with E-state index in [0.29, 0.717) is 16.2 Å². The summed E-state index contributed by atoms with van der Waals surface area (Å²) in [5, 5.41) is 0.436. The third-order valence-corrected chi connectivity index (χ3v) is 2.62. The van der Waals surface area contributed by atoms with Gasteiger partial charge in [-0.05, 0) is 29.8 Å². The minimum Gasteiger partial charge on any atom is -0.476 e. The quantitative estimate of drug-likeness (QED) is 0.734. The Morgan fingerprint density at radius 1 is 1.35 bits per heavy atom. The van der Waals surface area contributed by atoms with Gasteiger partial charge in [0.05, 0.1) is 0 Å². The molecule has 0 radical (unpaired) electrons. The number of ether oxygens (including phenoxy) is 1. The van der Waals surface area contributed by atoms with E-state index in [4.69, 9.17) is 16.3 Å². The Balaban J connectivity index is 2.50. The van der Waals surface area contributed by atoms with Crippen LogP contribution in [0.4, 0.5) is 13.2 Å². The molecule has 1 aliphatic heterocycles. The van der Waals surface area contributed by atoms with Gasteiger partial charge in [0.2, 0.25) is 6.10 Å². The molecule has 0 fully saturated rings. The highest BCUT2D eigenvalue weighted by Gasteiger charge is 2.42. The lowest BCUT2D eigenvalue weighted by Gasteiger charge is -2.26. The SMILES string of the molecule is C=CC1=CC(C(F)(F)F)Oc2ccc(Cl)cc21. The molecule has 0 aromatic heterocycles. The maximum atomic E-state index is 12.6. The van der Waals surface area contributed by atoms with E-state index in [1.165, 1.54) is 18.2 Å². The topological polar surface area (TPSA) is 9.23 Å². The average Bonchev–Trinajstić information content (AvgIpc) is 2.26. The number of allylic oxidation sites excluding steroid dienone is 2. The third-order valence-electron chi connectivity index (χ3n) is 2.38. The summed E-state index contributed by atoms with van der Waals surface area (Å²) in [6.45, 7) is 3.50. The first-order valence-corrected chi connectivity index (χ1v) is 5.17. The van der Waals surface area contributed by atoms with Crippen LogP contribution in [-0.2, 0) is 0 Å². The number of fused-ring (bicyclic) bond motifs is 1. The van der Waals surface area contributed by atoms with Crippen molar-refractivity contribution in [3.05, 3.63) is 47.5 Å². The molecular formula is C12H8ClF3O. The third kappa shape index (κ3) is 2.31. The average molecular weight is 261 g/mol. The normalized spacial score (nSPS) is 19.1. The fraction of sp³-hybridized carbons (Fsp3) is 0.167. The van der Waals surface area contributed by atoms with E-state index in [-0.39, 0.29) is 5.75 Å². The molecular weight excluding hydrogens is 253 g/mol. The van der Waals surface area contributed by atoms with Crippen LogP contribution in [0.2, 0.25) is 5.02 Å². The van der Waals surface area contributed by atoms with Gasteiger partial charge in [-0.1, -0.05) is 24.3 Å². The molecule has 17 heavy (non-hydrogen) atoms. The van der Waals surface area contributed by atoms with Gasteiger partial charge >= 0.3 is 6.18 Å². The zero-order chi connectivity index (χ0) is 12.6. The highest BCUT2D eigenvalue weighted by molar-refractivity contribution is 6.30. The Hall–Kier alpha value is -1.42. The molecule has 0 spiro atoms. The van der Waals surface area contributed by atoms with E-state index in [0.717, 1.165) is 6.08 Å². The first-order valence-electron chi connectivity index (χ1n) is 4.79. The van der Waals surface area contributed by atoms with Crippen molar-refractivity contribution in [3.63, 3.8) is 0 Å². The number of hydrogen-bond donors (Lipinski definition) is 0. The smallest absolute Gasteiger partial charge is 0.429 e. The maximum Gasteiger partial charge on any atom is 0.429 e. The van der Waals surface area contributed by atoms with Crippen molar-refractivity contribution in [3.8, 4) is 5.75 Å². The number of alkyl halides is 3. The molecule has 1 aliphatic rings. The molecule has 5 heteroatoms. The molecule has 0 saturated heterocycles. The second kappa shape index (κ2) is 4.11. The van der Waals surface area contributed by atoms with Gasteiger partial charge in [0.25, 0.3) is 0 Å². The molecule has 90 valence electrons. The molecule has 0 aliphatic carbocycles. The molecule has 1 unspecified atom stereocenters. The minimum atomic E-state index is -4.44. The Labute approximate surface area is 101 Å².